The topological polar surface area (TPSA) is 77.8 Å². The van der Waals surface area contributed by atoms with Gasteiger partial charge in [0.25, 0.3) is 5.79 Å². The molecule has 0 aromatic heterocycles. The highest BCUT2D eigenvalue weighted by Crippen LogP contribution is 2.15. The van der Waals surface area contributed by atoms with Gasteiger partial charge in [-0.15, -0.1) is 0 Å². The molecule has 108 valence electrons. The van der Waals surface area contributed by atoms with Gasteiger partial charge in [0, 0.05) is 6.42 Å². The van der Waals surface area contributed by atoms with Gasteiger partial charge in [0.15, 0.2) is 0 Å². The fourth-order valence-electron chi connectivity index (χ4n) is 1.97. The van der Waals surface area contributed by atoms with E-state index in [1.165, 1.54) is 38.5 Å². The van der Waals surface area contributed by atoms with Gasteiger partial charge in [-0.1, -0.05) is 64.7 Å². The maximum absolute atomic E-state index is 10.4. The standard InChI is InChI=1S/C14H28O4/c1-2-3-4-5-6-7-8-9-10-11-12-14(17,18)13(15)16/h17-18H,2-12H2,1H3,(H,15,16). The molecule has 0 radical (unpaired) electrons. The Hall–Kier alpha value is -0.610. The fourth-order valence-corrected chi connectivity index (χ4v) is 1.97. The van der Waals surface area contributed by atoms with Gasteiger partial charge in [-0.3, -0.25) is 0 Å². The normalized spacial score (nSPS) is 11.7. The van der Waals surface area contributed by atoms with Crippen molar-refractivity contribution in [1.29, 1.82) is 0 Å². The average molecular weight is 260 g/mol. The minimum absolute atomic E-state index is 0.0845. The van der Waals surface area contributed by atoms with Crippen LogP contribution in [0.1, 0.15) is 77.6 Å². The first-order valence-corrected chi connectivity index (χ1v) is 7.19. The molecule has 0 aliphatic carbocycles. The van der Waals surface area contributed by atoms with Crippen molar-refractivity contribution in [2.45, 2.75) is 83.3 Å². The van der Waals surface area contributed by atoms with E-state index in [4.69, 9.17) is 15.3 Å². The van der Waals surface area contributed by atoms with E-state index in [0.29, 0.717) is 6.42 Å². The number of carboxylic acid groups (broad SMARTS) is 1. The van der Waals surface area contributed by atoms with Gasteiger partial charge in [-0.25, -0.2) is 4.79 Å². The Morgan fingerprint density at radius 3 is 1.61 bits per heavy atom. The number of rotatable bonds is 12. The molecule has 4 heteroatoms. The molecular formula is C14H28O4. The summed E-state index contributed by atoms with van der Waals surface area (Å²) in [5.41, 5.74) is 0. The molecule has 0 aromatic rings. The Balaban J connectivity index is 3.24. The van der Waals surface area contributed by atoms with E-state index in [1.54, 1.807) is 0 Å². The molecule has 0 rings (SSSR count). The van der Waals surface area contributed by atoms with Crippen LogP contribution in [0.2, 0.25) is 0 Å². The summed E-state index contributed by atoms with van der Waals surface area (Å²) in [6.45, 7) is 2.21. The molecule has 0 aromatic carbocycles. The van der Waals surface area contributed by atoms with E-state index in [1.807, 2.05) is 0 Å². The second-order valence-electron chi connectivity index (χ2n) is 5.05. The highest BCUT2D eigenvalue weighted by Gasteiger charge is 2.31. The lowest BCUT2D eigenvalue weighted by atomic mass is 10.0. The molecule has 0 atom stereocenters. The van der Waals surface area contributed by atoms with Crippen LogP contribution in [0, 0.1) is 0 Å². The summed E-state index contributed by atoms with van der Waals surface area (Å²) in [4.78, 5) is 10.4. The molecular weight excluding hydrogens is 232 g/mol. The third-order valence-corrected chi connectivity index (χ3v) is 3.22. The first-order chi connectivity index (χ1) is 8.50. The van der Waals surface area contributed by atoms with Crippen LogP contribution >= 0.6 is 0 Å². The van der Waals surface area contributed by atoms with Crippen molar-refractivity contribution >= 4 is 5.97 Å². The molecule has 0 saturated carbocycles. The summed E-state index contributed by atoms with van der Waals surface area (Å²) in [6, 6.07) is 0. The van der Waals surface area contributed by atoms with Crippen molar-refractivity contribution in [1.82, 2.24) is 0 Å². The van der Waals surface area contributed by atoms with Gasteiger partial charge >= 0.3 is 5.97 Å². The van der Waals surface area contributed by atoms with Crippen molar-refractivity contribution in [2.75, 3.05) is 0 Å². The predicted molar refractivity (Wildman–Crippen MR) is 71.3 cm³/mol. The van der Waals surface area contributed by atoms with E-state index in [-0.39, 0.29) is 6.42 Å². The molecule has 0 saturated heterocycles. The van der Waals surface area contributed by atoms with Crippen LogP contribution in [-0.2, 0) is 4.79 Å². The summed E-state index contributed by atoms with van der Waals surface area (Å²) in [5, 5.41) is 26.6. The summed E-state index contributed by atoms with van der Waals surface area (Å²) in [7, 11) is 0. The van der Waals surface area contributed by atoms with E-state index >= 15 is 0 Å². The smallest absolute Gasteiger partial charge is 0.364 e. The Kier molecular flexibility index (Phi) is 9.98. The molecule has 18 heavy (non-hydrogen) atoms. The van der Waals surface area contributed by atoms with E-state index in [0.717, 1.165) is 19.3 Å². The van der Waals surface area contributed by atoms with Crippen molar-refractivity contribution in [3.63, 3.8) is 0 Å². The first-order valence-electron chi connectivity index (χ1n) is 7.19. The van der Waals surface area contributed by atoms with Gasteiger partial charge in [0.1, 0.15) is 0 Å². The van der Waals surface area contributed by atoms with Crippen LogP contribution in [0.25, 0.3) is 0 Å². The lowest BCUT2D eigenvalue weighted by molar-refractivity contribution is -0.205. The molecule has 0 heterocycles. The van der Waals surface area contributed by atoms with E-state index in [2.05, 4.69) is 6.92 Å². The third kappa shape index (κ3) is 9.42. The molecule has 3 N–H and O–H groups in total. The van der Waals surface area contributed by atoms with Crippen LogP contribution in [0.15, 0.2) is 0 Å². The SMILES string of the molecule is CCCCCCCCCCCCC(O)(O)C(=O)O. The van der Waals surface area contributed by atoms with Crippen LogP contribution in [0.3, 0.4) is 0 Å². The lowest BCUT2D eigenvalue weighted by Gasteiger charge is -2.15. The summed E-state index contributed by atoms with van der Waals surface area (Å²) in [5.74, 6) is -4.10. The Morgan fingerprint density at radius 1 is 0.833 bits per heavy atom. The average Bonchev–Trinajstić information content (AvgIpc) is 2.31. The van der Waals surface area contributed by atoms with Crippen molar-refractivity contribution < 1.29 is 20.1 Å². The second kappa shape index (κ2) is 10.3. The molecule has 0 aliphatic heterocycles. The zero-order valence-electron chi connectivity index (χ0n) is 11.5. The minimum Gasteiger partial charge on any atom is -0.477 e. The predicted octanol–water partition coefficient (Wildman–Crippen LogP) is 3.06. The number of aliphatic carboxylic acids is 1. The molecule has 0 spiro atoms. The fraction of sp³-hybridized carbons (Fsp3) is 0.929. The van der Waals surface area contributed by atoms with Crippen LogP contribution in [0.4, 0.5) is 0 Å². The minimum atomic E-state index is -2.54. The number of carboxylic acids is 1. The molecule has 0 bridgehead atoms. The van der Waals surface area contributed by atoms with Gasteiger partial charge < -0.3 is 15.3 Å². The Bertz CT molecular complexity index is 214. The van der Waals surface area contributed by atoms with Crippen LogP contribution in [-0.4, -0.2) is 27.1 Å². The van der Waals surface area contributed by atoms with Gasteiger partial charge in [-0.05, 0) is 6.42 Å². The quantitative estimate of drug-likeness (QED) is 0.372. The Labute approximate surface area is 110 Å². The zero-order chi connectivity index (χ0) is 13.9. The van der Waals surface area contributed by atoms with Gasteiger partial charge in [0.2, 0.25) is 0 Å². The summed E-state index contributed by atoms with van der Waals surface area (Å²) in [6.07, 6.45) is 11.3. The van der Waals surface area contributed by atoms with Gasteiger partial charge in [-0.2, -0.15) is 0 Å². The van der Waals surface area contributed by atoms with Gasteiger partial charge in [0.05, 0.1) is 0 Å². The van der Waals surface area contributed by atoms with E-state index in [9.17, 15) is 4.79 Å². The third-order valence-electron chi connectivity index (χ3n) is 3.22. The molecule has 0 amide bonds. The monoisotopic (exact) mass is 260 g/mol. The molecule has 4 nitrogen and oxygen atoms in total. The molecule has 0 unspecified atom stereocenters. The molecule has 0 fully saturated rings. The summed E-state index contributed by atoms with van der Waals surface area (Å²) >= 11 is 0. The maximum Gasteiger partial charge on any atom is 0.364 e. The maximum atomic E-state index is 10.4. The Morgan fingerprint density at radius 2 is 1.22 bits per heavy atom. The van der Waals surface area contributed by atoms with Crippen molar-refractivity contribution in [3.05, 3.63) is 0 Å². The number of unbranched alkanes of at least 4 members (excludes halogenated alkanes) is 9. The number of hydrogen-bond acceptors (Lipinski definition) is 3. The lowest BCUT2D eigenvalue weighted by Crippen LogP contribution is -2.37. The first kappa shape index (κ1) is 17.4. The largest absolute Gasteiger partial charge is 0.477 e. The molecule has 0 aliphatic rings. The number of carbonyl (C=O) groups is 1. The zero-order valence-corrected chi connectivity index (χ0v) is 11.5. The van der Waals surface area contributed by atoms with Crippen LogP contribution < -0.4 is 0 Å². The highest BCUT2D eigenvalue weighted by molar-refractivity contribution is 5.74. The number of hydrogen-bond donors (Lipinski definition) is 3. The van der Waals surface area contributed by atoms with Crippen LogP contribution in [0.5, 0.6) is 0 Å². The number of aliphatic hydroxyl groups is 2. The van der Waals surface area contributed by atoms with Crippen molar-refractivity contribution in [2.24, 2.45) is 0 Å². The second-order valence-corrected chi connectivity index (χ2v) is 5.05. The van der Waals surface area contributed by atoms with Crippen molar-refractivity contribution in [3.8, 4) is 0 Å². The summed E-state index contributed by atoms with van der Waals surface area (Å²) < 4.78 is 0. The highest BCUT2D eigenvalue weighted by atomic mass is 16.5. The van der Waals surface area contributed by atoms with E-state index < -0.39 is 11.8 Å².